The highest BCUT2D eigenvalue weighted by atomic mass is 32.2. The molecular formula is C14H22N2O2S. The Kier molecular flexibility index (Phi) is 4.28. The number of sulfonamides is 1. The monoisotopic (exact) mass is 282 g/mol. The van der Waals surface area contributed by atoms with Crippen molar-refractivity contribution in [2.75, 3.05) is 20.1 Å². The molecule has 1 aliphatic rings. The first kappa shape index (κ1) is 14.5. The summed E-state index contributed by atoms with van der Waals surface area (Å²) < 4.78 is 26.5. The lowest BCUT2D eigenvalue weighted by molar-refractivity contribution is 0.464. The van der Waals surface area contributed by atoms with Crippen molar-refractivity contribution in [3.05, 3.63) is 29.8 Å². The van der Waals surface area contributed by atoms with E-state index in [0.29, 0.717) is 23.9 Å². The molecule has 1 aromatic rings. The Hall–Kier alpha value is -0.910. The van der Waals surface area contributed by atoms with E-state index in [4.69, 9.17) is 0 Å². The molecule has 106 valence electrons. The fourth-order valence-electron chi connectivity index (χ4n) is 2.36. The van der Waals surface area contributed by atoms with E-state index in [1.165, 1.54) is 0 Å². The van der Waals surface area contributed by atoms with Crippen LogP contribution < -0.4 is 5.32 Å². The van der Waals surface area contributed by atoms with Gasteiger partial charge in [0.25, 0.3) is 0 Å². The molecule has 0 saturated carbocycles. The van der Waals surface area contributed by atoms with E-state index in [0.717, 1.165) is 12.0 Å². The zero-order valence-corrected chi connectivity index (χ0v) is 12.6. The highest BCUT2D eigenvalue weighted by molar-refractivity contribution is 7.89. The molecule has 0 spiro atoms. The maximum Gasteiger partial charge on any atom is 0.243 e. The van der Waals surface area contributed by atoms with Crippen molar-refractivity contribution in [3.63, 3.8) is 0 Å². The first-order chi connectivity index (χ1) is 8.95. The van der Waals surface area contributed by atoms with Crippen LogP contribution in [0.3, 0.4) is 0 Å². The summed E-state index contributed by atoms with van der Waals surface area (Å²) in [6.45, 7) is 5.41. The Balaban J connectivity index is 2.22. The topological polar surface area (TPSA) is 49.4 Å². The van der Waals surface area contributed by atoms with Gasteiger partial charge in [-0.25, -0.2) is 8.42 Å². The SMILES string of the molecule is CNC(C)c1ccc(S(=O)(=O)N2CCC(C)C2)cc1. The van der Waals surface area contributed by atoms with Crippen molar-refractivity contribution < 1.29 is 8.42 Å². The Bertz CT molecular complexity index is 525. The van der Waals surface area contributed by atoms with Crippen LogP contribution >= 0.6 is 0 Å². The quantitative estimate of drug-likeness (QED) is 0.919. The van der Waals surface area contributed by atoms with E-state index in [9.17, 15) is 8.42 Å². The van der Waals surface area contributed by atoms with Crippen LogP contribution in [0.2, 0.25) is 0 Å². The predicted molar refractivity (Wildman–Crippen MR) is 76.5 cm³/mol. The van der Waals surface area contributed by atoms with Crippen molar-refractivity contribution in [1.29, 1.82) is 0 Å². The van der Waals surface area contributed by atoms with Crippen LogP contribution in [-0.2, 0) is 10.0 Å². The molecule has 0 radical (unpaired) electrons. The summed E-state index contributed by atoms with van der Waals surface area (Å²) in [5.74, 6) is 0.457. The normalized spacial score (nSPS) is 22.6. The van der Waals surface area contributed by atoms with E-state index in [1.54, 1.807) is 16.4 Å². The minimum Gasteiger partial charge on any atom is -0.313 e. The lowest BCUT2D eigenvalue weighted by atomic mass is 10.1. The van der Waals surface area contributed by atoms with Gasteiger partial charge in [0.15, 0.2) is 0 Å². The van der Waals surface area contributed by atoms with Gasteiger partial charge in [-0.2, -0.15) is 4.31 Å². The molecule has 2 atom stereocenters. The van der Waals surface area contributed by atoms with Crippen LogP contribution in [0.15, 0.2) is 29.2 Å². The van der Waals surface area contributed by atoms with Crippen LogP contribution in [0.25, 0.3) is 0 Å². The zero-order valence-electron chi connectivity index (χ0n) is 11.8. The number of nitrogens with zero attached hydrogens (tertiary/aromatic N) is 1. The van der Waals surface area contributed by atoms with E-state index in [2.05, 4.69) is 12.2 Å². The molecule has 1 saturated heterocycles. The lowest BCUT2D eigenvalue weighted by Gasteiger charge is -2.17. The Morgan fingerprint density at radius 2 is 1.95 bits per heavy atom. The third kappa shape index (κ3) is 2.99. The van der Waals surface area contributed by atoms with E-state index < -0.39 is 10.0 Å². The average molecular weight is 282 g/mol. The van der Waals surface area contributed by atoms with Gasteiger partial charge in [-0.3, -0.25) is 0 Å². The fraction of sp³-hybridized carbons (Fsp3) is 0.571. The molecule has 0 aromatic heterocycles. The Morgan fingerprint density at radius 3 is 2.42 bits per heavy atom. The van der Waals surface area contributed by atoms with Crippen LogP contribution in [0.5, 0.6) is 0 Å². The summed E-state index contributed by atoms with van der Waals surface area (Å²) >= 11 is 0. The molecule has 0 aliphatic carbocycles. The van der Waals surface area contributed by atoms with E-state index in [-0.39, 0.29) is 6.04 Å². The summed E-state index contributed by atoms with van der Waals surface area (Å²) in [5.41, 5.74) is 1.09. The molecule has 19 heavy (non-hydrogen) atoms. The molecule has 2 unspecified atom stereocenters. The van der Waals surface area contributed by atoms with Gasteiger partial charge in [0, 0.05) is 19.1 Å². The number of hydrogen-bond donors (Lipinski definition) is 1. The van der Waals surface area contributed by atoms with Gasteiger partial charge in [-0.05, 0) is 44.0 Å². The highest BCUT2D eigenvalue weighted by Crippen LogP contribution is 2.24. The number of rotatable bonds is 4. The molecule has 1 aliphatic heterocycles. The average Bonchev–Trinajstić information content (AvgIpc) is 2.85. The lowest BCUT2D eigenvalue weighted by Crippen LogP contribution is -2.28. The molecule has 0 bridgehead atoms. The first-order valence-electron chi connectivity index (χ1n) is 6.72. The van der Waals surface area contributed by atoms with E-state index in [1.807, 2.05) is 26.1 Å². The number of nitrogens with one attached hydrogen (secondary N) is 1. The van der Waals surface area contributed by atoms with Crippen LogP contribution in [0.1, 0.15) is 31.9 Å². The summed E-state index contributed by atoms with van der Waals surface area (Å²) in [7, 11) is -1.42. The predicted octanol–water partition coefficient (Wildman–Crippen LogP) is 2.00. The van der Waals surface area contributed by atoms with E-state index >= 15 is 0 Å². The zero-order chi connectivity index (χ0) is 14.0. The van der Waals surface area contributed by atoms with Gasteiger partial charge in [0.05, 0.1) is 4.90 Å². The highest BCUT2D eigenvalue weighted by Gasteiger charge is 2.30. The first-order valence-corrected chi connectivity index (χ1v) is 8.16. The number of hydrogen-bond acceptors (Lipinski definition) is 3. The summed E-state index contributed by atoms with van der Waals surface area (Å²) in [5, 5.41) is 3.14. The van der Waals surface area contributed by atoms with Crippen molar-refractivity contribution in [2.24, 2.45) is 5.92 Å². The minimum atomic E-state index is -3.31. The van der Waals surface area contributed by atoms with Gasteiger partial charge < -0.3 is 5.32 Å². The van der Waals surface area contributed by atoms with Crippen LogP contribution in [-0.4, -0.2) is 32.9 Å². The van der Waals surface area contributed by atoms with Gasteiger partial charge in [-0.1, -0.05) is 19.1 Å². The largest absolute Gasteiger partial charge is 0.313 e. The molecule has 1 N–H and O–H groups in total. The third-order valence-corrected chi connectivity index (χ3v) is 5.72. The second-order valence-electron chi connectivity index (χ2n) is 5.34. The van der Waals surface area contributed by atoms with Crippen molar-refractivity contribution in [1.82, 2.24) is 9.62 Å². The second kappa shape index (κ2) is 5.61. The van der Waals surface area contributed by atoms with Gasteiger partial charge in [0.1, 0.15) is 0 Å². The van der Waals surface area contributed by atoms with Gasteiger partial charge >= 0.3 is 0 Å². The standard InChI is InChI=1S/C14H22N2O2S/c1-11-8-9-16(10-11)19(17,18)14-6-4-13(5-7-14)12(2)15-3/h4-7,11-12,15H,8-10H2,1-3H3. The fourth-order valence-corrected chi connectivity index (χ4v) is 3.93. The molecule has 4 nitrogen and oxygen atoms in total. The van der Waals surface area contributed by atoms with Crippen molar-refractivity contribution >= 4 is 10.0 Å². The maximum absolute atomic E-state index is 12.4. The van der Waals surface area contributed by atoms with Gasteiger partial charge in [0.2, 0.25) is 10.0 Å². The summed E-state index contributed by atoms with van der Waals surface area (Å²) in [6, 6.07) is 7.41. The number of benzene rings is 1. The summed E-state index contributed by atoms with van der Waals surface area (Å²) in [6.07, 6.45) is 0.952. The Labute approximate surface area is 115 Å². The minimum absolute atomic E-state index is 0.226. The van der Waals surface area contributed by atoms with Crippen molar-refractivity contribution in [2.45, 2.75) is 31.2 Å². The maximum atomic E-state index is 12.4. The molecule has 1 fully saturated rings. The van der Waals surface area contributed by atoms with Gasteiger partial charge in [-0.15, -0.1) is 0 Å². The third-order valence-electron chi connectivity index (χ3n) is 3.84. The smallest absolute Gasteiger partial charge is 0.243 e. The summed E-state index contributed by atoms with van der Waals surface area (Å²) in [4.78, 5) is 0.397. The molecule has 2 rings (SSSR count). The molecule has 1 heterocycles. The second-order valence-corrected chi connectivity index (χ2v) is 7.27. The van der Waals surface area contributed by atoms with Crippen LogP contribution in [0, 0.1) is 5.92 Å². The molecule has 0 amide bonds. The Morgan fingerprint density at radius 1 is 1.32 bits per heavy atom. The van der Waals surface area contributed by atoms with Crippen LogP contribution in [0.4, 0.5) is 0 Å². The molecule has 1 aromatic carbocycles. The molecular weight excluding hydrogens is 260 g/mol. The molecule has 5 heteroatoms. The van der Waals surface area contributed by atoms with Crippen molar-refractivity contribution in [3.8, 4) is 0 Å².